The number of nitrogens with zero attached hydrogens (tertiary/aromatic N) is 1. The van der Waals surface area contributed by atoms with Crippen LogP contribution < -0.4 is 5.32 Å². The maximum Gasteiger partial charge on any atom is 0.0323 e. The van der Waals surface area contributed by atoms with E-state index in [1.54, 1.807) is 0 Å². The summed E-state index contributed by atoms with van der Waals surface area (Å²) in [5.74, 6) is 1.22. The van der Waals surface area contributed by atoms with Gasteiger partial charge in [-0.05, 0) is 20.1 Å². The first-order chi connectivity index (χ1) is 6.24. The van der Waals surface area contributed by atoms with Crippen LogP contribution in [0.3, 0.4) is 0 Å². The van der Waals surface area contributed by atoms with E-state index in [9.17, 15) is 0 Å². The van der Waals surface area contributed by atoms with Gasteiger partial charge in [0, 0.05) is 37.5 Å². The van der Waals surface area contributed by atoms with E-state index in [-0.39, 0.29) is 0 Å². The summed E-state index contributed by atoms with van der Waals surface area (Å²) in [6.07, 6.45) is 2.13. The van der Waals surface area contributed by atoms with Crippen molar-refractivity contribution in [1.82, 2.24) is 10.2 Å². The summed E-state index contributed by atoms with van der Waals surface area (Å²) in [6, 6.07) is 1.48. The zero-order valence-corrected chi connectivity index (χ0v) is 10.4. The Labute approximate surface area is 89.6 Å². The first kappa shape index (κ1) is 11.7. The highest BCUT2D eigenvalue weighted by Gasteiger charge is 2.27. The van der Waals surface area contributed by atoms with Gasteiger partial charge in [-0.25, -0.2) is 0 Å². The Bertz CT molecular complexity index is 136. The van der Waals surface area contributed by atoms with Crippen molar-refractivity contribution in [2.24, 2.45) is 0 Å². The standard InChI is InChI=1S/C9H20N2S2/c1-8(2)11-6-9(7-11)10-4-5-13-12-3/h8-10H,4-7H2,1-3H3. The van der Waals surface area contributed by atoms with Crippen LogP contribution in [0.1, 0.15) is 13.8 Å². The Morgan fingerprint density at radius 1 is 1.46 bits per heavy atom. The van der Waals surface area contributed by atoms with Gasteiger partial charge in [0.05, 0.1) is 0 Å². The number of hydrogen-bond acceptors (Lipinski definition) is 4. The summed E-state index contributed by atoms with van der Waals surface area (Å²) in [5, 5.41) is 3.56. The third kappa shape index (κ3) is 4.11. The van der Waals surface area contributed by atoms with Gasteiger partial charge >= 0.3 is 0 Å². The van der Waals surface area contributed by atoms with Crippen molar-refractivity contribution >= 4 is 21.6 Å². The van der Waals surface area contributed by atoms with E-state index in [1.165, 1.54) is 18.8 Å². The molecule has 1 saturated heterocycles. The van der Waals surface area contributed by atoms with E-state index >= 15 is 0 Å². The van der Waals surface area contributed by atoms with Crippen LogP contribution in [0.15, 0.2) is 0 Å². The lowest BCUT2D eigenvalue weighted by atomic mass is 10.1. The Morgan fingerprint density at radius 3 is 2.69 bits per heavy atom. The van der Waals surface area contributed by atoms with Crippen molar-refractivity contribution in [2.45, 2.75) is 25.9 Å². The second kappa shape index (κ2) is 6.17. The predicted molar refractivity (Wildman–Crippen MR) is 64.5 cm³/mol. The summed E-state index contributed by atoms with van der Waals surface area (Å²) in [5.41, 5.74) is 0. The zero-order valence-electron chi connectivity index (χ0n) is 8.75. The van der Waals surface area contributed by atoms with Crippen LogP contribution in [0.5, 0.6) is 0 Å². The summed E-state index contributed by atoms with van der Waals surface area (Å²) >= 11 is 0. The number of hydrogen-bond donors (Lipinski definition) is 1. The molecule has 0 aliphatic carbocycles. The Hall–Kier alpha value is 0.620. The molecular weight excluding hydrogens is 200 g/mol. The smallest absolute Gasteiger partial charge is 0.0323 e. The highest BCUT2D eigenvalue weighted by atomic mass is 33.1. The Balaban J connectivity index is 1.90. The van der Waals surface area contributed by atoms with Crippen molar-refractivity contribution in [3.05, 3.63) is 0 Å². The van der Waals surface area contributed by atoms with Crippen molar-refractivity contribution in [3.63, 3.8) is 0 Å². The maximum absolute atomic E-state index is 3.56. The predicted octanol–water partition coefficient (Wildman–Crippen LogP) is 1.68. The zero-order chi connectivity index (χ0) is 9.68. The summed E-state index contributed by atoms with van der Waals surface area (Å²) < 4.78 is 0. The van der Waals surface area contributed by atoms with E-state index in [2.05, 4.69) is 30.3 Å². The molecule has 0 aromatic carbocycles. The monoisotopic (exact) mass is 220 g/mol. The largest absolute Gasteiger partial charge is 0.311 e. The van der Waals surface area contributed by atoms with Gasteiger partial charge in [-0.2, -0.15) is 0 Å². The topological polar surface area (TPSA) is 15.3 Å². The fourth-order valence-corrected chi connectivity index (χ4v) is 2.57. The molecule has 4 heteroatoms. The molecule has 1 aliphatic heterocycles. The average Bonchev–Trinajstić information content (AvgIpc) is 2.00. The molecule has 0 unspecified atom stereocenters. The molecule has 0 radical (unpaired) electrons. The fourth-order valence-electron chi connectivity index (χ4n) is 1.45. The van der Waals surface area contributed by atoms with Crippen molar-refractivity contribution in [3.8, 4) is 0 Å². The van der Waals surface area contributed by atoms with E-state index in [0.29, 0.717) is 0 Å². The van der Waals surface area contributed by atoms with Crippen LogP contribution in [0.4, 0.5) is 0 Å². The van der Waals surface area contributed by atoms with Gasteiger partial charge in [-0.15, -0.1) is 0 Å². The summed E-state index contributed by atoms with van der Waals surface area (Å²) in [7, 11) is 3.78. The first-order valence-electron chi connectivity index (χ1n) is 4.87. The highest BCUT2D eigenvalue weighted by molar-refractivity contribution is 8.76. The molecule has 1 aliphatic rings. The highest BCUT2D eigenvalue weighted by Crippen LogP contribution is 2.16. The minimum Gasteiger partial charge on any atom is -0.311 e. The van der Waals surface area contributed by atoms with Crippen LogP contribution in [-0.4, -0.2) is 48.6 Å². The van der Waals surface area contributed by atoms with Crippen LogP contribution in [0, 0.1) is 0 Å². The van der Waals surface area contributed by atoms with Crippen molar-refractivity contribution in [2.75, 3.05) is 31.6 Å². The lowest BCUT2D eigenvalue weighted by Gasteiger charge is -2.42. The van der Waals surface area contributed by atoms with E-state index in [4.69, 9.17) is 0 Å². The molecule has 2 nitrogen and oxygen atoms in total. The fraction of sp³-hybridized carbons (Fsp3) is 1.00. The van der Waals surface area contributed by atoms with Gasteiger partial charge in [-0.3, -0.25) is 4.90 Å². The molecular formula is C9H20N2S2. The molecule has 0 aromatic rings. The van der Waals surface area contributed by atoms with Crippen LogP contribution >= 0.6 is 21.6 Å². The lowest BCUT2D eigenvalue weighted by molar-refractivity contribution is 0.0935. The third-order valence-corrected chi connectivity index (χ3v) is 4.19. The lowest BCUT2D eigenvalue weighted by Crippen LogP contribution is -2.60. The molecule has 0 amide bonds. The molecule has 0 spiro atoms. The van der Waals surface area contributed by atoms with Gasteiger partial charge in [-0.1, -0.05) is 21.6 Å². The molecule has 0 aromatic heterocycles. The van der Waals surface area contributed by atoms with Crippen LogP contribution in [0.25, 0.3) is 0 Å². The maximum atomic E-state index is 3.56. The van der Waals surface area contributed by atoms with Crippen molar-refractivity contribution in [1.29, 1.82) is 0 Å². The average molecular weight is 220 g/mol. The molecule has 1 fully saturated rings. The van der Waals surface area contributed by atoms with Gasteiger partial charge in [0.1, 0.15) is 0 Å². The molecule has 13 heavy (non-hydrogen) atoms. The molecule has 78 valence electrons. The number of nitrogens with one attached hydrogen (secondary N) is 1. The molecule has 1 heterocycles. The first-order valence-corrected chi connectivity index (χ1v) is 7.59. The number of likely N-dealkylation sites (tertiary alicyclic amines) is 1. The second-order valence-corrected chi connectivity index (χ2v) is 6.37. The van der Waals surface area contributed by atoms with Gasteiger partial charge in [0.15, 0.2) is 0 Å². The summed E-state index contributed by atoms with van der Waals surface area (Å²) in [6.45, 7) is 8.16. The van der Waals surface area contributed by atoms with Gasteiger partial charge in [0.25, 0.3) is 0 Å². The van der Waals surface area contributed by atoms with E-state index < -0.39 is 0 Å². The van der Waals surface area contributed by atoms with Crippen LogP contribution in [-0.2, 0) is 0 Å². The van der Waals surface area contributed by atoms with E-state index in [1.807, 2.05) is 21.6 Å². The third-order valence-electron chi connectivity index (χ3n) is 2.38. The quantitative estimate of drug-likeness (QED) is 0.541. The molecule has 0 atom stereocenters. The Kier molecular flexibility index (Phi) is 5.55. The molecule has 0 saturated carbocycles. The molecule has 1 N–H and O–H groups in total. The second-order valence-electron chi connectivity index (χ2n) is 3.69. The molecule has 1 rings (SSSR count). The SMILES string of the molecule is CSSCCNC1CN(C(C)C)C1. The minimum atomic E-state index is 0.721. The molecule has 0 bridgehead atoms. The minimum absolute atomic E-state index is 0.721. The Morgan fingerprint density at radius 2 is 2.15 bits per heavy atom. The van der Waals surface area contributed by atoms with Crippen molar-refractivity contribution < 1.29 is 0 Å². The van der Waals surface area contributed by atoms with Gasteiger partial charge in [0.2, 0.25) is 0 Å². The van der Waals surface area contributed by atoms with Gasteiger partial charge < -0.3 is 5.32 Å². The normalized spacial score (nSPS) is 19.4. The van der Waals surface area contributed by atoms with E-state index in [0.717, 1.165) is 18.6 Å². The number of rotatable bonds is 6. The summed E-state index contributed by atoms with van der Waals surface area (Å²) in [4.78, 5) is 2.50. The van der Waals surface area contributed by atoms with Crippen LogP contribution in [0.2, 0.25) is 0 Å².